The first-order valence-electron chi connectivity index (χ1n) is 5.98. The predicted molar refractivity (Wildman–Crippen MR) is 65.6 cm³/mol. The molecule has 0 bridgehead atoms. The van der Waals surface area contributed by atoms with Crippen molar-refractivity contribution >= 4 is 5.91 Å². The van der Waals surface area contributed by atoms with Crippen LogP contribution in [0.1, 0.15) is 39.5 Å². The monoisotopic (exact) mass is 222 g/mol. The Morgan fingerprint density at radius 3 is 2.44 bits per heavy atom. The smallest absolute Gasteiger partial charge is 0.224 e. The van der Waals surface area contributed by atoms with Crippen molar-refractivity contribution in [3.63, 3.8) is 0 Å². The van der Waals surface area contributed by atoms with Gasteiger partial charge >= 0.3 is 0 Å². The van der Waals surface area contributed by atoms with Crippen molar-refractivity contribution < 1.29 is 4.79 Å². The lowest BCUT2D eigenvalue weighted by Crippen LogP contribution is -2.45. The lowest BCUT2D eigenvalue weighted by molar-refractivity contribution is -0.127. The average Bonchev–Trinajstić information content (AvgIpc) is 2.28. The molecule has 1 fully saturated rings. The predicted octanol–water partition coefficient (Wildman–Crippen LogP) is 1.28. The zero-order chi connectivity index (χ0) is 12.2. The van der Waals surface area contributed by atoms with Crippen LogP contribution in [0, 0.1) is 24.2 Å². The summed E-state index contributed by atoms with van der Waals surface area (Å²) in [4.78, 5) is 11.9. The Hall–Kier alpha value is -1.01. The first-order chi connectivity index (χ1) is 7.48. The molecule has 0 atom stereocenters. The normalized spacial score (nSPS) is 25.9. The van der Waals surface area contributed by atoms with E-state index in [1.807, 2.05) is 13.8 Å². The van der Waals surface area contributed by atoms with Gasteiger partial charge in [-0.05, 0) is 52.0 Å². The second kappa shape index (κ2) is 5.36. The number of nitrogens with one attached hydrogen (secondary N) is 1. The highest BCUT2D eigenvalue weighted by atomic mass is 16.2. The molecule has 90 valence electrons. The molecule has 16 heavy (non-hydrogen) atoms. The van der Waals surface area contributed by atoms with Gasteiger partial charge in [-0.1, -0.05) is 5.92 Å². The third-order valence-electron chi connectivity index (χ3n) is 3.35. The lowest BCUT2D eigenvalue weighted by atomic mass is 9.81. The number of carbonyl (C=O) groups excluding carboxylic acids is 1. The summed E-state index contributed by atoms with van der Waals surface area (Å²) in [6, 6.07) is 0. The molecule has 0 unspecified atom stereocenters. The van der Waals surface area contributed by atoms with E-state index < -0.39 is 5.54 Å². The molecule has 0 heterocycles. The van der Waals surface area contributed by atoms with Gasteiger partial charge in [-0.2, -0.15) is 0 Å². The second-order valence-corrected chi connectivity index (χ2v) is 5.21. The molecular weight excluding hydrogens is 200 g/mol. The maximum atomic E-state index is 11.9. The van der Waals surface area contributed by atoms with Crippen LogP contribution in [0.15, 0.2) is 0 Å². The summed E-state index contributed by atoms with van der Waals surface area (Å²) in [6.07, 6.45) is 9.35. The van der Waals surface area contributed by atoms with Crippen LogP contribution in [0.2, 0.25) is 0 Å². The number of hydrogen-bond acceptors (Lipinski definition) is 2. The molecule has 0 aromatic heterocycles. The third kappa shape index (κ3) is 3.53. The van der Waals surface area contributed by atoms with Gasteiger partial charge in [-0.3, -0.25) is 4.79 Å². The van der Waals surface area contributed by atoms with E-state index >= 15 is 0 Å². The Bertz CT molecular complexity index is 283. The van der Waals surface area contributed by atoms with Crippen molar-refractivity contribution in [3.05, 3.63) is 0 Å². The van der Waals surface area contributed by atoms with Crippen LogP contribution in [-0.2, 0) is 4.79 Å². The fraction of sp³-hybridized carbons (Fsp3) is 0.769. The summed E-state index contributed by atoms with van der Waals surface area (Å²) in [6.45, 7) is 4.43. The largest absolute Gasteiger partial charge is 0.340 e. The van der Waals surface area contributed by atoms with Crippen LogP contribution < -0.4 is 11.1 Å². The molecule has 0 radical (unpaired) electrons. The molecule has 0 spiro atoms. The van der Waals surface area contributed by atoms with E-state index in [4.69, 9.17) is 12.2 Å². The van der Waals surface area contributed by atoms with Gasteiger partial charge in [0.05, 0.1) is 5.54 Å². The summed E-state index contributed by atoms with van der Waals surface area (Å²) in [5.74, 6) is 3.40. The van der Waals surface area contributed by atoms with Gasteiger partial charge < -0.3 is 11.1 Å². The Balaban J connectivity index is 2.43. The number of terminal acetylenes is 1. The summed E-state index contributed by atoms with van der Waals surface area (Å²) in [5.41, 5.74) is 5.08. The molecular formula is C13H22N2O. The van der Waals surface area contributed by atoms with Gasteiger partial charge in [0.15, 0.2) is 0 Å². The van der Waals surface area contributed by atoms with E-state index in [2.05, 4.69) is 11.2 Å². The zero-order valence-corrected chi connectivity index (χ0v) is 10.3. The third-order valence-corrected chi connectivity index (χ3v) is 3.35. The lowest BCUT2D eigenvalue weighted by Gasteiger charge is -2.29. The summed E-state index contributed by atoms with van der Waals surface area (Å²) in [7, 11) is 0. The highest BCUT2D eigenvalue weighted by Gasteiger charge is 2.28. The van der Waals surface area contributed by atoms with Crippen LogP contribution in [0.25, 0.3) is 0 Å². The zero-order valence-electron chi connectivity index (χ0n) is 10.3. The quantitative estimate of drug-likeness (QED) is 0.707. The van der Waals surface area contributed by atoms with Crippen molar-refractivity contribution in [2.75, 3.05) is 6.54 Å². The first kappa shape index (κ1) is 13.1. The minimum absolute atomic E-state index is 0.0958. The minimum atomic E-state index is -0.540. The van der Waals surface area contributed by atoms with Crippen molar-refractivity contribution in [3.8, 4) is 12.3 Å². The molecule has 1 aliphatic carbocycles. The Labute approximate surface area is 98.2 Å². The Morgan fingerprint density at radius 1 is 1.44 bits per heavy atom. The number of carbonyl (C=O) groups is 1. The van der Waals surface area contributed by atoms with Crippen LogP contribution in [-0.4, -0.2) is 18.0 Å². The van der Waals surface area contributed by atoms with Crippen LogP contribution >= 0.6 is 0 Å². The second-order valence-electron chi connectivity index (χ2n) is 5.21. The number of amides is 1. The fourth-order valence-corrected chi connectivity index (χ4v) is 2.11. The molecule has 1 saturated carbocycles. The maximum Gasteiger partial charge on any atom is 0.224 e. The standard InChI is InChI=1S/C13H22N2O/c1-4-13(2,3)15-12(16)11-7-5-10(9-14)6-8-11/h1,10-11H,5-9,14H2,2-3H3,(H,15,16). The van der Waals surface area contributed by atoms with Gasteiger partial charge in [0, 0.05) is 5.92 Å². The van der Waals surface area contributed by atoms with E-state index in [1.54, 1.807) is 0 Å². The van der Waals surface area contributed by atoms with E-state index in [-0.39, 0.29) is 11.8 Å². The van der Waals surface area contributed by atoms with E-state index in [0.29, 0.717) is 5.92 Å². The Morgan fingerprint density at radius 2 is 2.00 bits per heavy atom. The van der Waals surface area contributed by atoms with Crippen molar-refractivity contribution in [2.24, 2.45) is 17.6 Å². The molecule has 0 aliphatic heterocycles. The van der Waals surface area contributed by atoms with Gasteiger partial charge in [0.2, 0.25) is 5.91 Å². The molecule has 0 saturated heterocycles. The van der Waals surface area contributed by atoms with E-state index in [9.17, 15) is 4.79 Å². The van der Waals surface area contributed by atoms with E-state index in [1.165, 1.54) is 0 Å². The number of rotatable bonds is 3. The van der Waals surface area contributed by atoms with E-state index in [0.717, 1.165) is 32.2 Å². The van der Waals surface area contributed by atoms with Crippen molar-refractivity contribution in [2.45, 2.75) is 45.1 Å². The van der Waals surface area contributed by atoms with Crippen LogP contribution in [0.5, 0.6) is 0 Å². The first-order valence-corrected chi connectivity index (χ1v) is 5.98. The molecule has 1 amide bonds. The molecule has 1 aliphatic rings. The highest BCUT2D eigenvalue weighted by molar-refractivity contribution is 5.79. The SMILES string of the molecule is C#CC(C)(C)NC(=O)C1CCC(CN)CC1. The highest BCUT2D eigenvalue weighted by Crippen LogP contribution is 2.28. The van der Waals surface area contributed by atoms with Crippen molar-refractivity contribution in [1.29, 1.82) is 0 Å². The van der Waals surface area contributed by atoms with Gasteiger partial charge in [-0.25, -0.2) is 0 Å². The maximum absolute atomic E-state index is 11.9. The minimum Gasteiger partial charge on any atom is -0.340 e. The summed E-state index contributed by atoms with van der Waals surface area (Å²) in [5, 5.41) is 2.90. The van der Waals surface area contributed by atoms with Crippen molar-refractivity contribution in [1.82, 2.24) is 5.32 Å². The summed E-state index contributed by atoms with van der Waals surface area (Å²) >= 11 is 0. The Kier molecular flexibility index (Phi) is 4.37. The van der Waals surface area contributed by atoms with Crippen LogP contribution in [0.4, 0.5) is 0 Å². The number of nitrogens with two attached hydrogens (primary N) is 1. The van der Waals surface area contributed by atoms with Gasteiger partial charge in [0.25, 0.3) is 0 Å². The molecule has 3 N–H and O–H groups in total. The van der Waals surface area contributed by atoms with Gasteiger partial charge in [0.1, 0.15) is 0 Å². The number of hydrogen-bond donors (Lipinski definition) is 2. The molecule has 0 aromatic rings. The van der Waals surface area contributed by atoms with Crippen LogP contribution in [0.3, 0.4) is 0 Å². The van der Waals surface area contributed by atoms with Gasteiger partial charge in [-0.15, -0.1) is 6.42 Å². The molecule has 0 aromatic carbocycles. The topological polar surface area (TPSA) is 55.1 Å². The molecule has 3 heteroatoms. The average molecular weight is 222 g/mol. The summed E-state index contributed by atoms with van der Waals surface area (Å²) < 4.78 is 0. The fourth-order valence-electron chi connectivity index (χ4n) is 2.11. The molecule has 3 nitrogen and oxygen atoms in total. The molecule has 1 rings (SSSR count).